The average molecular weight is 414 g/mol. The van der Waals surface area contributed by atoms with Crippen LogP contribution < -0.4 is 4.74 Å². The molecule has 2 aromatic carbocycles. The van der Waals surface area contributed by atoms with Gasteiger partial charge in [0.25, 0.3) is 0 Å². The van der Waals surface area contributed by atoms with E-state index < -0.39 is 0 Å². The Bertz CT molecular complexity index is 1030. The van der Waals surface area contributed by atoms with Gasteiger partial charge < -0.3 is 4.74 Å². The van der Waals surface area contributed by atoms with E-state index in [1.165, 1.54) is 16.8 Å². The summed E-state index contributed by atoms with van der Waals surface area (Å²) in [5.41, 5.74) is 2.06. The first-order valence-electron chi connectivity index (χ1n) is 8.96. The molecule has 0 bridgehead atoms. The Kier molecular flexibility index (Phi) is 5.66. The Morgan fingerprint density at radius 2 is 1.89 bits per heavy atom. The molecule has 4 rings (SSSR count). The summed E-state index contributed by atoms with van der Waals surface area (Å²) in [7, 11) is 2.09. The molecule has 0 spiro atoms. The normalized spacial score (nSPS) is 12.6. The number of thiazole rings is 2. The number of hydrogen-bond acceptors (Lipinski definition) is 6. The minimum absolute atomic E-state index is 0.206. The van der Waals surface area contributed by atoms with Gasteiger partial charge in [0.1, 0.15) is 28.2 Å². The van der Waals surface area contributed by atoms with E-state index in [1.807, 2.05) is 12.1 Å². The number of hydrogen-bond donors (Lipinski definition) is 0. The SMILES string of the molecule is C[C@H](c1nc2ccccc2s1)N(C)Cc1csc(COc2ccc(F)cc2)n1. The van der Waals surface area contributed by atoms with E-state index in [9.17, 15) is 4.39 Å². The highest BCUT2D eigenvalue weighted by Crippen LogP contribution is 2.29. The van der Waals surface area contributed by atoms with Crippen molar-refractivity contribution in [2.75, 3.05) is 7.05 Å². The van der Waals surface area contributed by atoms with Crippen LogP contribution in [-0.2, 0) is 13.2 Å². The van der Waals surface area contributed by atoms with E-state index in [0.717, 1.165) is 27.8 Å². The van der Waals surface area contributed by atoms with Gasteiger partial charge in [0, 0.05) is 11.9 Å². The lowest BCUT2D eigenvalue weighted by Gasteiger charge is -2.21. The highest BCUT2D eigenvalue weighted by atomic mass is 32.1. The summed E-state index contributed by atoms with van der Waals surface area (Å²) in [6.07, 6.45) is 0. The second kappa shape index (κ2) is 8.34. The van der Waals surface area contributed by atoms with Crippen LogP contribution in [0.4, 0.5) is 4.39 Å². The van der Waals surface area contributed by atoms with Crippen molar-refractivity contribution < 1.29 is 9.13 Å². The number of halogens is 1. The molecule has 2 heterocycles. The summed E-state index contributed by atoms with van der Waals surface area (Å²) in [6.45, 7) is 3.29. The van der Waals surface area contributed by atoms with Crippen molar-refractivity contribution in [3.63, 3.8) is 0 Å². The summed E-state index contributed by atoms with van der Waals surface area (Å²) in [5, 5.41) is 4.07. The van der Waals surface area contributed by atoms with Crippen LogP contribution in [0.3, 0.4) is 0 Å². The number of benzene rings is 2. The zero-order valence-electron chi connectivity index (χ0n) is 15.6. The number of rotatable bonds is 7. The molecule has 0 aliphatic heterocycles. The maximum Gasteiger partial charge on any atom is 0.140 e. The largest absolute Gasteiger partial charge is 0.486 e. The van der Waals surface area contributed by atoms with Gasteiger partial charge in [-0.2, -0.15) is 0 Å². The van der Waals surface area contributed by atoms with Gasteiger partial charge in [-0.3, -0.25) is 4.90 Å². The molecule has 0 saturated heterocycles. The fourth-order valence-corrected chi connectivity index (χ4v) is 4.59. The first kappa shape index (κ1) is 19.0. The minimum atomic E-state index is -0.269. The van der Waals surface area contributed by atoms with Crippen LogP contribution in [-0.4, -0.2) is 21.9 Å². The lowest BCUT2D eigenvalue weighted by Crippen LogP contribution is -2.22. The maximum absolute atomic E-state index is 12.9. The van der Waals surface area contributed by atoms with Gasteiger partial charge in [-0.1, -0.05) is 12.1 Å². The molecular formula is C21H20FN3OS2. The van der Waals surface area contributed by atoms with E-state index in [2.05, 4.69) is 41.4 Å². The lowest BCUT2D eigenvalue weighted by atomic mass is 10.3. The van der Waals surface area contributed by atoms with Crippen molar-refractivity contribution in [1.82, 2.24) is 14.9 Å². The van der Waals surface area contributed by atoms with Gasteiger partial charge in [-0.25, -0.2) is 14.4 Å². The third-order valence-corrected chi connectivity index (χ3v) is 6.59. The third-order valence-electron chi connectivity index (χ3n) is 4.52. The van der Waals surface area contributed by atoms with Crippen molar-refractivity contribution in [1.29, 1.82) is 0 Å². The second-order valence-electron chi connectivity index (χ2n) is 6.59. The molecule has 0 amide bonds. The van der Waals surface area contributed by atoms with Gasteiger partial charge in [-0.15, -0.1) is 22.7 Å². The number of fused-ring (bicyclic) bond motifs is 1. The fraction of sp³-hybridized carbons (Fsp3) is 0.238. The summed E-state index contributed by atoms with van der Waals surface area (Å²) in [4.78, 5) is 11.7. The Hall–Kier alpha value is -2.35. The number of para-hydroxylation sites is 1. The molecule has 0 aliphatic carbocycles. The smallest absolute Gasteiger partial charge is 0.140 e. The molecule has 0 fully saturated rings. The molecule has 0 N–H and O–H groups in total. The Labute approximate surface area is 171 Å². The van der Waals surface area contributed by atoms with Crippen molar-refractivity contribution in [3.05, 3.63) is 75.4 Å². The molecule has 4 aromatic rings. The summed E-state index contributed by atoms with van der Waals surface area (Å²) >= 11 is 3.31. The van der Waals surface area contributed by atoms with Crippen LogP contribution in [0.2, 0.25) is 0 Å². The Morgan fingerprint density at radius 1 is 1.11 bits per heavy atom. The van der Waals surface area contributed by atoms with Crippen LogP contribution >= 0.6 is 22.7 Å². The van der Waals surface area contributed by atoms with Crippen molar-refractivity contribution in [3.8, 4) is 5.75 Å². The number of aromatic nitrogens is 2. The first-order chi connectivity index (χ1) is 13.6. The van der Waals surface area contributed by atoms with Crippen LogP contribution in [0.1, 0.15) is 28.7 Å². The highest BCUT2D eigenvalue weighted by Gasteiger charge is 2.17. The topological polar surface area (TPSA) is 38.2 Å². The van der Waals surface area contributed by atoms with E-state index in [0.29, 0.717) is 12.4 Å². The van der Waals surface area contributed by atoms with Gasteiger partial charge in [-0.05, 0) is 50.4 Å². The minimum Gasteiger partial charge on any atom is -0.486 e. The van der Waals surface area contributed by atoms with Gasteiger partial charge in [0.2, 0.25) is 0 Å². The fourth-order valence-electron chi connectivity index (χ4n) is 2.81. The quantitative estimate of drug-likeness (QED) is 0.392. The predicted octanol–water partition coefficient (Wildman–Crippen LogP) is 5.66. The van der Waals surface area contributed by atoms with Crippen LogP contribution in [0.25, 0.3) is 10.2 Å². The van der Waals surface area contributed by atoms with E-state index in [-0.39, 0.29) is 11.9 Å². The summed E-state index contributed by atoms with van der Waals surface area (Å²) in [5.74, 6) is 0.369. The number of nitrogens with zero attached hydrogens (tertiary/aromatic N) is 3. The molecule has 0 aliphatic rings. The highest BCUT2D eigenvalue weighted by molar-refractivity contribution is 7.18. The van der Waals surface area contributed by atoms with Crippen molar-refractivity contribution in [2.24, 2.45) is 0 Å². The third kappa shape index (κ3) is 4.38. The van der Waals surface area contributed by atoms with Crippen molar-refractivity contribution >= 4 is 32.9 Å². The number of ether oxygens (including phenoxy) is 1. The standard InChI is InChI=1S/C21H20FN3OS2/c1-14(21-24-18-5-3-4-6-19(18)28-21)25(2)11-16-13-27-20(23-16)12-26-17-9-7-15(22)8-10-17/h3-10,13-14H,11-12H2,1-2H3/t14-/m1/s1. The lowest BCUT2D eigenvalue weighted by molar-refractivity contribution is 0.249. The first-order valence-corrected chi connectivity index (χ1v) is 10.7. The Balaban J connectivity index is 1.36. The van der Waals surface area contributed by atoms with Crippen LogP contribution in [0.5, 0.6) is 5.75 Å². The second-order valence-corrected chi connectivity index (χ2v) is 8.59. The van der Waals surface area contributed by atoms with Crippen LogP contribution in [0.15, 0.2) is 53.9 Å². The molecule has 28 heavy (non-hydrogen) atoms. The molecule has 144 valence electrons. The van der Waals surface area contributed by atoms with Gasteiger partial charge in [0.15, 0.2) is 0 Å². The van der Waals surface area contributed by atoms with E-state index in [1.54, 1.807) is 34.8 Å². The van der Waals surface area contributed by atoms with Crippen LogP contribution in [0, 0.1) is 5.82 Å². The molecule has 2 aromatic heterocycles. The molecule has 0 unspecified atom stereocenters. The zero-order valence-corrected chi connectivity index (χ0v) is 17.3. The van der Waals surface area contributed by atoms with Gasteiger partial charge >= 0.3 is 0 Å². The van der Waals surface area contributed by atoms with Gasteiger partial charge in [0.05, 0.1) is 22.0 Å². The molecule has 0 radical (unpaired) electrons. The monoisotopic (exact) mass is 413 g/mol. The molecule has 1 atom stereocenters. The molecule has 4 nitrogen and oxygen atoms in total. The predicted molar refractivity (Wildman–Crippen MR) is 112 cm³/mol. The van der Waals surface area contributed by atoms with E-state index in [4.69, 9.17) is 9.72 Å². The molecule has 7 heteroatoms. The van der Waals surface area contributed by atoms with E-state index >= 15 is 0 Å². The summed E-state index contributed by atoms with van der Waals surface area (Å²) < 4.78 is 19.8. The molecular weight excluding hydrogens is 393 g/mol. The average Bonchev–Trinajstić information content (AvgIpc) is 3.33. The summed E-state index contributed by atoms with van der Waals surface area (Å²) in [6, 6.07) is 14.5. The molecule has 0 saturated carbocycles. The zero-order chi connectivity index (χ0) is 19.5. The van der Waals surface area contributed by atoms with Crippen molar-refractivity contribution in [2.45, 2.75) is 26.1 Å². The maximum atomic E-state index is 12.9. The Morgan fingerprint density at radius 3 is 2.68 bits per heavy atom.